The van der Waals surface area contributed by atoms with Crippen molar-refractivity contribution in [1.82, 2.24) is 29.5 Å². The van der Waals surface area contributed by atoms with Gasteiger partial charge in [-0.2, -0.15) is 5.10 Å². The Labute approximate surface area is 213 Å². The Kier molecular flexibility index (Phi) is 5.07. The smallest absolute Gasteiger partial charge is 0.158 e. The maximum absolute atomic E-state index is 6.13. The van der Waals surface area contributed by atoms with E-state index in [0.29, 0.717) is 18.4 Å². The number of nitrogens with zero attached hydrogens (tertiary/aromatic N) is 7. The van der Waals surface area contributed by atoms with E-state index < -0.39 is 0 Å². The zero-order chi connectivity index (χ0) is 24.9. The lowest BCUT2D eigenvalue weighted by molar-refractivity contribution is 0.188. The topological polar surface area (TPSA) is 92.9 Å². The number of aromatic nitrogens is 5. The summed E-state index contributed by atoms with van der Waals surface area (Å²) in [5.41, 5.74) is 4.61. The van der Waals surface area contributed by atoms with Gasteiger partial charge in [-0.1, -0.05) is 0 Å². The highest BCUT2D eigenvalue weighted by molar-refractivity contribution is 5.95. The summed E-state index contributed by atoms with van der Waals surface area (Å²) in [6.07, 6.45) is 4.94. The second kappa shape index (κ2) is 8.59. The van der Waals surface area contributed by atoms with Gasteiger partial charge < -0.3 is 24.6 Å². The number of nitrogens with one attached hydrogen (secondary N) is 1. The lowest BCUT2D eigenvalue weighted by atomic mass is 10.1. The van der Waals surface area contributed by atoms with Gasteiger partial charge in [-0.3, -0.25) is 0 Å². The molecule has 5 aromatic rings. The molecule has 0 saturated carbocycles. The first-order chi connectivity index (χ1) is 18.1. The number of hydrogen-bond donors (Lipinski definition) is 1. The number of hydrogen-bond acceptors (Lipinski definition) is 9. The molecule has 0 amide bonds. The van der Waals surface area contributed by atoms with Gasteiger partial charge in [0.05, 0.1) is 17.2 Å². The summed E-state index contributed by atoms with van der Waals surface area (Å²) in [4.78, 5) is 18.1. The third-order valence-corrected chi connectivity index (χ3v) is 7.06. The Hall–Kier alpha value is -4.44. The molecule has 186 valence electrons. The fourth-order valence-electron chi connectivity index (χ4n) is 5.13. The number of anilines is 3. The van der Waals surface area contributed by atoms with E-state index in [1.165, 1.54) is 6.33 Å². The lowest BCUT2D eigenvalue weighted by Crippen LogP contribution is -2.56. The van der Waals surface area contributed by atoms with E-state index in [1.54, 1.807) is 10.8 Å². The Morgan fingerprint density at radius 2 is 1.97 bits per heavy atom. The minimum Gasteiger partial charge on any atom is -0.489 e. The monoisotopic (exact) mass is 494 g/mol. The van der Waals surface area contributed by atoms with Gasteiger partial charge in [-0.25, -0.2) is 19.5 Å². The van der Waals surface area contributed by atoms with E-state index in [9.17, 15) is 0 Å². The Balaban J connectivity index is 1.17. The molecule has 0 spiro atoms. The Morgan fingerprint density at radius 1 is 1.03 bits per heavy atom. The maximum Gasteiger partial charge on any atom is 0.158 e. The number of likely N-dealkylation sites (N-methyl/N-ethyl adjacent to an activating group) is 1. The highest BCUT2D eigenvalue weighted by Crippen LogP contribution is 2.40. The molecule has 2 aromatic carbocycles. The van der Waals surface area contributed by atoms with Gasteiger partial charge in [0, 0.05) is 49.0 Å². The Morgan fingerprint density at radius 3 is 2.89 bits per heavy atom. The molecule has 1 fully saturated rings. The van der Waals surface area contributed by atoms with Gasteiger partial charge in [0.2, 0.25) is 0 Å². The molecule has 0 unspecified atom stereocenters. The third-order valence-electron chi connectivity index (χ3n) is 7.06. The summed E-state index contributed by atoms with van der Waals surface area (Å²) >= 11 is 0. The largest absolute Gasteiger partial charge is 0.489 e. The summed E-state index contributed by atoms with van der Waals surface area (Å²) in [6, 6.07) is 14.3. The van der Waals surface area contributed by atoms with Crippen LogP contribution in [0.15, 0.2) is 61.3 Å². The van der Waals surface area contributed by atoms with Crippen molar-refractivity contribution in [2.75, 3.05) is 43.5 Å². The first-order valence-corrected chi connectivity index (χ1v) is 12.3. The highest BCUT2D eigenvalue weighted by atomic mass is 16.5. The summed E-state index contributed by atoms with van der Waals surface area (Å²) in [6.45, 7) is 5.72. The standard InChI is InChI=1S/C27H26N8O2/c1-17-9-18(3-4-24(17)37-20-5-6-35-26(10-20)29-16-31-35)32-27-21-11-23-25(12-22(21)28-15-30-27)36-14-19-13-33(2)7-8-34(19)23/h3-6,9-12,15-16,19H,7-8,13-14H2,1-2H3,(H,28,30,32)/t19-/m1/s1. The van der Waals surface area contributed by atoms with Gasteiger partial charge in [0.1, 0.15) is 42.3 Å². The van der Waals surface area contributed by atoms with E-state index in [2.05, 4.69) is 54.3 Å². The van der Waals surface area contributed by atoms with E-state index >= 15 is 0 Å². The van der Waals surface area contributed by atoms with Crippen molar-refractivity contribution in [3.8, 4) is 17.2 Å². The zero-order valence-corrected chi connectivity index (χ0v) is 20.6. The average Bonchev–Trinajstić information content (AvgIpc) is 3.37. The number of piperazine rings is 1. The molecule has 3 aromatic heterocycles. The zero-order valence-electron chi connectivity index (χ0n) is 20.6. The molecule has 0 bridgehead atoms. The molecular formula is C27H26N8O2. The second-order valence-electron chi connectivity index (χ2n) is 9.61. The van der Waals surface area contributed by atoms with E-state index in [4.69, 9.17) is 9.47 Å². The van der Waals surface area contributed by atoms with Gasteiger partial charge in [-0.15, -0.1) is 0 Å². The summed E-state index contributed by atoms with van der Waals surface area (Å²) in [7, 11) is 2.16. The van der Waals surface area contributed by atoms with Crippen LogP contribution in [-0.4, -0.2) is 68.8 Å². The van der Waals surface area contributed by atoms with E-state index in [-0.39, 0.29) is 0 Å². The Bertz CT molecular complexity index is 1630. The van der Waals surface area contributed by atoms with Crippen molar-refractivity contribution in [1.29, 1.82) is 0 Å². The van der Waals surface area contributed by atoms with Crippen molar-refractivity contribution < 1.29 is 9.47 Å². The molecule has 5 heterocycles. The summed E-state index contributed by atoms with van der Waals surface area (Å²) in [5.74, 6) is 3.13. The van der Waals surface area contributed by atoms with Crippen molar-refractivity contribution in [2.45, 2.75) is 13.0 Å². The SMILES string of the molecule is Cc1cc(Nc2ncnc3cc4c(cc23)N2CCN(C)C[C@@H]2CO4)ccc1Oc1ccn2ncnc2c1. The van der Waals surface area contributed by atoms with Crippen molar-refractivity contribution in [3.05, 3.63) is 66.9 Å². The molecule has 2 aliphatic rings. The van der Waals surface area contributed by atoms with E-state index in [0.717, 1.165) is 70.4 Å². The van der Waals surface area contributed by atoms with Gasteiger partial charge >= 0.3 is 0 Å². The fourth-order valence-corrected chi connectivity index (χ4v) is 5.13. The van der Waals surface area contributed by atoms with Crippen LogP contribution >= 0.6 is 0 Å². The summed E-state index contributed by atoms with van der Waals surface area (Å²) < 4.78 is 14.0. The van der Waals surface area contributed by atoms with Crippen LogP contribution in [0.3, 0.4) is 0 Å². The molecule has 0 radical (unpaired) electrons. The number of ether oxygens (including phenoxy) is 2. The first-order valence-electron chi connectivity index (χ1n) is 12.3. The number of pyridine rings is 1. The number of rotatable bonds is 4. The van der Waals surface area contributed by atoms with Crippen molar-refractivity contribution in [2.24, 2.45) is 0 Å². The predicted octanol–water partition coefficient (Wildman–Crippen LogP) is 4.03. The van der Waals surface area contributed by atoms with Crippen LogP contribution in [0.1, 0.15) is 5.56 Å². The van der Waals surface area contributed by atoms with Crippen LogP contribution in [-0.2, 0) is 0 Å². The maximum atomic E-state index is 6.13. The third kappa shape index (κ3) is 3.95. The van der Waals surface area contributed by atoms with Crippen LogP contribution in [0.25, 0.3) is 16.6 Å². The van der Waals surface area contributed by atoms with Gasteiger partial charge in [0.15, 0.2) is 5.65 Å². The molecule has 7 rings (SSSR count). The molecule has 0 aliphatic carbocycles. The lowest BCUT2D eigenvalue weighted by Gasteiger charge is -2.44. The van der Waals surface area contributed by atoms with Gasteiger partial charge in [0.25, 0.3) is 0 Å². The fraction of sp³-hybridized carbons (Fsp3) is 0.259. The number of fused-ring (bicyclic) bond motifs is 5. The molecule has 2 aliphatic heterocycles. The quantitative estimate of drug-likeness (QED) is 0.397. The molecule has 10 heteroatoms. The van der Waals surface area contributed by atoms with Crippen LogP contribution in [0, 0.1) is 6.92 Å². The van der Waals surface area contributed by atoms with Crippen LogP contribution in [0.5, 0.6) is 17.2 Å². The molecule has 37 heavy (non-hydrogen) atoms. The second-order valence-corrected chi connectivity index (χ2v) is 9.61. The molecule has 1 N–H and O–H groups in total. The minimum absolute atomic E-state index is 0.352. The number of aryl methyl sites for hydroxylation is 1. The summed E-state index contributed by atoms with van der Waals surface area (Å²) in [5, 5.41) is 8.58. The molecule has 1 saturated heterocycles. The van der Waals surface area contributed by atoms with Gasteiger partial charge in [-0.05, 0) is 49.9 Å². The minimum atomic E-state index is 0.352. The first kappa shape index (κ1) is 21.8. The highest BCUT2D eigenvalue weighted by Gasteiger charge is 2.32. The number of benzene rings is 2. The normalized spacial score (nSPS) is 17.4. The molecular weight excluding hydrogens is 468 g/mol. The predicted molar refractivity (Wildman–Crippen MR) is 141 cm³/mol. The van der Waals surface area contributed by atoms with Crippen LogP contribution < -0.4 is 19.7 Å². The van der Waals surface area contributed by atoms with Crippen LogP contribution in [0.2, 0.25) is 0 Å². The van der Waals surface area contributed by atoms with Crippen molar-refractivity contribution in [3.63, 3.8) is 0 Å². The molecule has 10 nitrogen and oxygen atoms in total. The van der Waals surface area contributed by atoms with Crippen molar-refractivity contribution >= 4 is 33.7 Å². The molecule has 1 atom stereocenters. The van der Waals surface area contributed by atoms with Crippen LogP contribution in [0.4, 0.5) is 17.2 Å². The van der Waals surface area contributed by atoms with E-state index in [1.807, 2.05) is 43.5 Å². The average molecular weight is 495 g/mol.